The summed E-state index contributed by atoms with van der Waals surface area (Å²) >= 11 is 0. The first-order chi connectivity index (χ1) is 8.70. The molecule has 1 aliphatic rings. The number of carbonyl (C=O) groups is 1. The van der Waals surface area contributed by atoms with Crippen LogP contribution in [0.15, 0.2) is 24.3 Å². The summed E-state index contributed by atoms with van der Waals surface area (Å²) < 4.78 is 0. The molecule has 0 spiro atoms. The first-order valence-electron chi connectivity index (χ1n) is 6.75. The van der Waals surface area contributed by atoms with E-state index in [0.29, 0.717) is 13.0 Å². The number of β-amino-alcohol motifs (C(OH)–C–C–N with tert-alkyl or cyclic N) is 1. The number of aliphatic hydroxyl groups excluding tert-OH is 1. The molecule has 98 valence electrons. The number of aliphatic hydroxyl groups is 1. The van der Waals surface area contributed by atoms with Gasteiger partial charge in [0.25, 0.3) is 0 Å². The molecule has 1 fully saturated rings. The fraction of sp³-hybridized carbons (Fsp3) is 0.533. The summed E-state index contributed by atoms with van der Waals surface area (Å²) in [6, 6.07) is 8.06. The van der Waals surface area contributed by atoms with Crippen molar-refractivity contribution in [2.45, 2.75) is 38.7 Å². The smallest absolute Gasteiger partial charge is 0.222 e. The first kappa shape index (κ1) is 13.1. The zero-order valence-corrected chi connectivity index (χ0v) is 10.9. The van der Waals surface area contributed by atoms with Gasteiger partial charge in [-0.1, -0.05) is 37.6 Å². The van der Waals surface area contributed by atoms with E-state index < -0.39 is 6.10 Å². The number of hydrogen-bond donors (Lipinski definition) is 1. The standard InChI is InChI=1S/C15H21NO2/c1-2-4-12-6-8-13(9-7-12)14(17)11-16-10-3-5-15(16)18/h6-9,14,17H,2-5,10-11H2,1H3. The third-order valence-electron chi connectivity index (χ3n) is 3.47. The molecule has 0 aliphatic carbocycles. The van der Waals surface area contributed by atoms with Crippen LogP contribution in [0.5, 0.6) is 0 Å². The summed E-state index contributed by atoms with van der Waals surface area (Å²) in [7, 11) is 0. The van der Waals surface area contributed by atoms with Crippen LogP contribution in [0.1, 0.15) is 43.4 Å². The van der Waals surface area contributed by atoms with Crippen LogP contribution in [0, 0.1) is 0 Å². The van der Waals surface area contributed by atoms with Crippen molar-refractivity contribution < 1.29 is 9.90 Å². The van der Waals surface area contributed by atoms with Gasteiger partial charge in [-0.15, -0.1) is 0 Å². The summed E-state index contributed by atoms with van der Waals surface area (Å²) in [5.41, 5.74) is 2.19. The van der Waals surface area contributed by atoms with E-state index in [9.17, 15) is 9.90 Å². The number of benzene rings is 1. The number of likely N-dealkylation sites (tertiary alicyclic amines) is 1. The lowest BCUT2D eigenvalue weighted by Crippen LogP contribution is -2.29. The van der Waals surface area contributed by atoms with E-state index in [4.69, 9.17) is 0 Å². The molecule has 1 saturated heterocycles. The van der Waals surface area contributed by atoms with E-state index in [0.717, 1.165) is 31.4 Å². The lowest BCUT2D eigenvalue weighted by atomic mass is 10.0. The van der Waals surface area contributed by atoms with Gasteiger partial charge in [-0.25, -0.2) is 0 Å². The second kappa shape index (κ2) is 6.01. The van der Waals surface area contributed by atoms with Crippen LogP contribution >= 0.6 is 0 Å². The van der Waals surface area contributed by atoms with E-state index in [1.807, 2.05) is 12.1 Å². The number of aryl methyl sites for hydroxylation is 1. The average Bonchev–Trinajstić information content (AvgIpc) is 2.76. The number of hydrogen-bond acceptors (Lipinski definition) is 2. The predicted octanol–water partition coefficient (Wildman–Crippen LogP) is 2.29. The molecule has 0 saturated carbocycles. The van der Waals surface area contributed by atoms with Crippen molar-refractivity contribution in [3.63, 3.8) is 0 Å². The van der Waals surface area contributed by atoms with Gasteiger partial charge in [0, 0.05) is 13.0 Å². The van der Waals surface area contributed by atoms with Gasteiger partial charge in [0.05, 0.1) is 12.6 Å². The molecule has 3 nitrogen and oxygen atoms in total. The zero-order chi connectivity index (χ0) is 13.0. The number of nitrogens with zero attached hydrogens (tertiary/aromatic N) is 1. The van der Waals surface area contributed by atoms with Gasteiger partial charge >= 0.3 is 0 Å². The highest BCUT2D eigenvalue weighted by atomic mass is 16.3. The van der Waals surface area contributed by atoms with Gasteiger partial charge in [0.15, 0.2) is 0 Å². The summed E-state index contributed by atoms with van der Waals surface area (Å²) in [6.07, 6.45) is 3.18. The highest BCUT2D eigenvalue weighted by Crippen LogP contribution is 2.19. The molecule has 2 rings (SSSR count). The molecule has 1 aliphatic heterocycles. The zero-order valence-electron chi connectivity index (χ0n) is 10.9. The Hall–Kier alpha value is -1.35. The lowest BCUT2D eigenvalue weighted by molar-refractivity contribution is -0.128. The molecule has 0 bridgehead atoms. The van der Waals surface area contributed by atoms with E-state index in [-0.39, 0.29) is 5.91 Å². The van der Waals surface area contributed by atoms with Crippen molar-refractivity contribution in [2.75, 3.05) is 13.1 Å². The van der Waals surface area contributed by atoms with Crippen LogP contribution in [-0.2, 0) is 11.2 Å². The molecule has 0 aromatic heterocycles. The molecule has 1 aromatic rings. The summed E-state index contributed by atoms with van der Waals surface area (Å²) in [5, 5.41) is 10.1. The van der Waals surface area contributed by atoms with E-state index in [2.05, 4.69) is 19.1 Å². The Morgan fingerprint density at radius 2 is 2.06 bits per heavy atom. The Balaban J connectivity index is 1.95. The van der Waals surface area contributed by atoms with Gasteiger partial charge in [0.1, 0.15) is 0 Å². The summed E-state index contributed by atoms with van der Waals surface area (Å²) in [5.74, 6) is 0.164. The van der Waals surface area contributed by atoms with Gasteiger partial charge in [-0.05, 0) is 24.0 Å². The first-order valence-corrected chi connectivity index (χ1v) is 6.75. The monoisotopic (exact) mass is 247 g/mol. The predicted molar refractivity (Wildman–Crippen MR) is 71.2 cm³/mol. The second-order valence-electron chi connectivity index (χ2n) is 4.95. The van der Waals surface area contributed by atoms with Gasteiger partial charge in [-0.3, -0.25) is 4.79 Å². The van der Waals surface area contributed by atoms with Crippen LogP contribution in [0.3, 0.4) is 0 Å². The molecule has 1 N–H and O–H groups in total. The van der Waals surface area contributed by atoms with Crippen LogP contribution in [0.4, 0.5) is 0 Å². The maximum Gasteiger partial charge on any atom is 0.222 e. The normalized spacial score (nSPS) is 17.2. The highest BCUT2D eigenvalue weighted by molar-refractivity contribution is 5.78. The second-order valence-corrected chi connectivity index (χ2v) is 4.95. The van der Waals surface area contributed by atoms with Crippen molar-refractivity contribution in [2.24, 2.45) is 0 Å². The summed E-state index contributed by atoms with van der Waals surface area (Å²) in [6.45, 7) is 3.36. The fourth-order valence-electron chi connectivity index (χ4n) is 2.41. The topological polar surface area (TPSA) is 40.5 Å². The molecule has 1 amide bonds. The van der Waals surface area contributed by atoms with Crippen LogP contribution in [0.25, 0.3) is 0 Å². The van der Waals surface area contributed by atoms with Crippen LogP contribution in [-0.4, -0.2) is 29.0 Å². The minimum absolute atomic E-state index is 0.164. The van der Waals surface area contributed by atoms with E-state index >= 15 is 0 Å². The minimum Gasteiger partial charge on any atom is -0.387 e. The molecule has 1 atom stereocenters. The molecular formula is C15H21NO2. The highest BCUT2D eigenvalue weighted by Gasteiger charge is 2.22. The third-order valence-corrected chi connectivity index (χ3v) is 3.47. The van der Waals surface area contributed by atoms with Crippen molar-refractivity contribution in [1.82, 2.24) is 4.90 Å². The summed E-state index contributed by atoms with van der Waals surface area (Å²) in [4.78, 5) is 13.2. The Morgan fingerprint density at radius 3 is 2.61 bits per heavy atom. The average molecular weight is 247 g/mol. The molecule has 0 radical (unpaired) electrons. The van der Waals surface area contributed by atoms with Crippen LogP contribution < -0.4 is 0 Å². The maximum absolute atomic E-state index is 11.5. The minimum atomic E-state index is -0.567. The van der Waals surface area contributed by atoms with E-state index in [1.165, 1.54) is 5.56 Å². The Morgan fingerprint density at radius 1 is 1.33 bits per heavy atom. The van der Waals surface area contributed by atoms with Crippen molar-refractivity contribution in [1.29, 1.82) is 0 Å². The van der Waals surface area contributed by atoms with E-state index in [1.54, 1.807) is 4.90 Å². The Kier molecular flexibility index (Phi) is 4.37. The third kappa shape index (κ3) is 3.10. The Labute approximate surface area is 108 Å². The van der Waals surface area contributed by atoms with Crippen LogP contribution in [0.2, 0.25) is 0 Å². The fourth-order valence-corrected chi connectivity index (χ4v) is 2.41. The lowest BCUT2D eigenvalue weighted by Gasteiger charge is -2.20. The SMILES string of the molecule is CCCc1ccc(C(O)CN2CCCC2=O)cc1. The van der Waals surface area contributed by atoms with Gasteiger partial charge in [0.2, 0.25) is 5.91 Å². The number of carbonyl (C=O) groups excluding carboxylic acids is 1. The molecule has 1 unspecified atom stereocenters. The molecule has 1 aromatic carbocycles. The Bertz CT molecular complexity index is 399. The van der Waals surface area contributed by atoms with Gasteiger partial charge < -0.3 is 10.0 Å². The van der Waals surface area contributed by atoms with Gasteiger partial charge in [-0.2, -0.15) is 0 Å². The molecule has 1 heterocycles. The largest absolute Gasteiger partial charge is 0.387 e. The van der Waals surface area contributed by atoms with Crippen molar-refractivity contribution in [3.8, 4) is 0 Å². The van der Waals surface area contributed by atoms with Crippen molar-refractivity contribution >= 4 is 5.91 Å². The number of rotatable bonds is 5. The maximum atomic E-state index is 11.5. The number of amides is 1. The molecular weight excluding hydrogens is 226 g/mol. The molecule has 18 heavy (non-hydrogen) atoms. The quantitative estimate of drug-likeness (QED) is 0.867. The molecule has 3 heteroatoms. The van der Waals surface area contributed by atoms with Crippen molar-refractivity contribution in [3.05, 3.63) is 35.4 Å².